The summed E-state index contributed by atoms with van der Waals surface area (Å²) in [6.45, 7) is 5.12. The van der Waals surface area contributed by atoms with E-state index in [9.17, 15) is 19.8 Å². The zero-order chi connectivity index (χ0) is 18.4. The van der Waals surface area contributed by atoms with Gasteiger partial charge in [-0.15, -0.1) is 0 Å². The SMILES string of the molecule is C=CC(=O)OC(CC)Oc1ccc(C(=O)c2ccc(O)cc2O)cc1. The van der Waals surface area contributed by atoms with Crippen molar-refractivity contribution in [3.8, 4) is 17.2 Å². The number of rotatable bonds is 7. The summed E-state index contributed by atoms with van der Waals surface area (Å²) < 4.78 is 10.6. The number of phenolic OH excluding ortho intramolecular Hbond substituents is 2. The van der Waals surface area contributed by atoms with Crippen LogP contribution in [-0.4, -0.2) is 28.3 Å². The summed E-state index contributed by atoms with van der Waals surface area (Å²) >= 11 is 0. The van der Waals surface area contributed by atoms with Crippen LogP contribution in [0.3, 0.4) is 0 Å². The number of phenols is 2. The molecule has 0 heterocycles. The van der Waals surface area contributed by atoms with Gasteiger partial charge in [0.05, 0.1) is 5.56 Å². The van der Waals surface area contributed by atoms with Gasteiger partial charge in [0.15, 0.2) is 5.78 Å². The number of aromatic hydroxyl groups is 2. The van der Waals surface area contributed by atoms with Gasteiger partial charge in [-0.2, -0.15) is 0 Å². The predicted octanol–water partition coefficient (Wildman–Crippen LogP) is 3.17. The lowest BCUT2D eigenvalue weighted by molar-refractivity contribution is -0.157. The van der Waals surface area contributed by atoms with Gasteiger partial charge in [0.2, 0.25) is 6.29 Å². The van der Waals surface area contributed by atoms with Crippen LogP contribution in [-0.2, 0) is 9.53 Å². The number of esters is 1. The fraction of sp³-hybridized carbons (Fsp3) is 0.158. The van der Waals surface area contributed by atoms with Crippen LogP contribution in [0.15, 0.2) is 55.1 Å². The fourth-order valence-electron chi connectivity index (χ4n) is 2.07. The Labute approximate surface area is 144 Å². The monoisotopic (exact) mass is 342 g/mol. The Hall–Kier alpha value is -3.28. The zero-order valence-corrected chi connectivity index (χ0v) is 13.6. The molecule has 2 N–H and O–H groups in total. The van der Waals surface area contributed by atoms with Crippen LogP contribution in [0.4, 0.5) is 0 Å². The second-order valence-electron chi connectivity index (χ2n) is 5.15. The average molecular weight is 342 g/mol. The molecule has 0 spiro atoms. The molecule has 2 aromatic rings. The molecule has 0 fully saturated rings. The molecule has 25 heavy (non-hydrogen) atoms. The lowest BCUT2D eigenvalue weighted by atomic mass is 10.0. The maximum absolute atomic E-state index is 12.4. The van der Waals surface area contributed by atoms with E-state index in [2.05, 4.69) is 6.58 Å². The standard InChI is InChI=1S/C19H18O6/c1-3-17(22)25-18(4-2)24-14-8-5-12(6-9-14)19(23)15-10-7-13(20)11-16(15)21/h3,5-11,18,20-21H,1,4H2,2H3. The summed E-state index contributed by atoms with van der Waals surface area (Å²) in [4.78, 5) is 23.6. The van der Waals surface area contributed by atoms with E-state index >= 15 is 0 Å². The van der Waals surface area contributed by atoms with Gasteiger partial charge in [0.25, 0.3) is 0 Å². The molecule has 0 saturated carbocycles. The van der Waals surface area contributed by atoms with Crippen molar-refractivity contribution < 1.29 is 29.3 Å². The van der Waals surface area contributed by atoms with Gasteiger partial charge in [-0.25, -0.2) is 4.79 Å². The summed E-state index contributed by atoms with van der Waals surface area (Å²) in [5.74, 6) is -0.976. The van der Waals surface area contributed by atoms with Crippen molar-refractivity contribution in [3.05, 3.63) is 66.2 Å². The predicted molar refractivity (Wildman–Crippen MR) is 90.6 cm³/mol. The highest BCUT2D eigenvalue weighted by Crippen LogP contribution is 2.26. The average Bonchev–Trinajstić information content (AvgIpc) is 2.61. The van der Waals surface area contributed by atoms with Crippen molar-refractivity contribution in [2.24, 2.45) is 0 Å². The largest absolute Gasteiger partial charge is 0.508 e. The van der Waals surface area contributed by atoms with Gasteiger partial charge in [-0.05, 0) is 36.4 Å². The van der Waals surface area contributed by atoms with Gasteiger partial charge in [-0.3, -0.25) is 4.79 Å². The van der Waals surface area contributed by atoms with E-state index < -0.39 is 18.0 Å². The Kier molecular flexibility index (Phi) is 5.79. The molecule has 0 saturated heterocycles. The van der Waals surface area contributed by atoms with Crippen molar-refractivity contribution in [1.82, 2.24) is 0 Å². The molecule has 0 bridgehead atoms. The van der Waals surface area contributed by atoms with Crippen molar-refractivity contribution >= 4 is 11.8 Å². The van der Waals surface area contributed by atoms with Crippen LogP contribution < -0.4 is 4.74 Å². The molecule has 0 amide bonds. The van der Waals surface area contributed by atoms with Crippen molar-refractivity contribution in [3.63, 3.8) is 0 Å². The highest BCUT2D eigenvalue weighted by molar-refractivity contribution is 6.10. The van der Waals surface area contributed by atoms with E-state index in [4.69, 9.17) is 9.47 Å². The third-order valence-electron chi connectivity index (χ3n) is 3.36. The molecule has 130 valence electrons. The molecular formula is C19H18O6. The summed E-state index contributed by atoms with van der Waals surface area (Å²) in [5, 5.41) is 19.1. The third kappa shape index (κ3) is 4.60. The lowest BCUT2D eigenvalue weighted by Gasteiger charge is -2.17. The number of ketones is 1. The molecule has 6 heteroatoms. The number of carbonyl (C=O) groups is 2. The number of hydrogen-bond acceptors (Lipinski definition) is 6. The smallest absolute Gasteiger partial charge is 0.333 e. The molecule has 0 aromatic heterocycles. The third-order valence-corrected chi connectivity index (χ3v) is 3.36. The van der Waals surface area contributed by atoms with E-state index in [-0.39, 0.29) is 17.1 Å². The minimum absolute atomic E-state index is 0.0813. The second kappa shape index (κ2) is 8.01. The maximum Gasteiger partial charge on any atom is 0.333 e. The van der Waals surface area contributed by atoms with Gasteiger partial charge >= 0.3 is 5.97 Å². The Bertz CT molecular complexity index is 779. The highest BCUT2D eigenvalue weighted by Gasteiger charge is 2.15. The Morgan fingerprint density at radius 1 is 1.16 bits per heavy atom. The number of benzene rings is 2. The number of carbonyl (C=O) groups excluding carboxylic acids is 2. The van der Waals surface area contributed by atoms with Crippen LogP contribution in [0.2, 0.25) is 0 Å². The van der Waals surface area contributed by atoms with E-state index in [1.807, 2.05) is 0 Å². The first-order chi connectivity index (χ1) is 11.9. The fourth-order valence-corrected chi connectivity index (χ4v) is 2.07. The lowest BCUT2D eigenvalue weighted by Crippen LogP contribution is -2.22. The molecule has 0 aliphatic heterocycles. The second-order valence-corrected chi connectivity index (χ2v) is 5.15. The Balaban J connectivity index is 2.12. The maximum atomic E-state index is 12.4. The van der Waals surface area contributed by atoms with Gasteiger partial charge in [-0.1, -0.05) is 13.5 Å². The van der Waals surface area contributed by atoms with Gasteiger partial charge in [0, 0.05) is 24.1 Å². The molecule has 6 nitrogen and oxygen atoms in total. The van der Waals surface area contributed by atoms with E-state index in [0.29, 0.717) is 17.7 Å². The quantitative estimate of drug-likeness (QED) is 0.347. The summed E-state index contributed by atoms with van der Waals surface area (Å²) in [6.07, 6.45) is 0.743. The van der Waals surface area contributed by atoms with Crippen LogP contribution >= 0.6 is 0 Å². The van der Waals surface area contributed by atoms with Crippen LogP contribution in [0.25, 0.3) is 0 Å². The normalized spacial score (nSPS) is 11.4. The van der Waals surface area contributed by atoms with Gasteiger partial charge < -0.3 is 19.7 Å². The van der Waals surface area contributed by atoms with E-state index in [1.54, 1.807) is 19.1 Å². The van der Waals surface area contributed by atoms with Crippen LogP contribution in [0, 0.1) is 0 Å². The van der Waals surface area contributed by atoms with E-state index in [0.717, 1.165) is 12.1 Å². The number of hydrogen-bond donors (Lipinski definition) is 2. The molecule has 0 aliphatic rings. The first kappa shape index (κ1) is 18.1. The Morgan fingerprint density at radius 2 is 1.84 bits per heavy atom. The summed E-state index contributed by atoms with van der Waals surface area (Å²) in [7, 11) is 0. The van der Waals surface area contributed by atoms with Crippen LogP contribution in [0.5, 0.6) is 17.2 Å². The van der Waals surface area contributed by atoms with Crippen molar-refractivity contribution in [2.75, 3.05) is 0 Å². The molecular weight excluding hydrogens is 324 g/mol. The molecule has 0 radical (unpaired) electrons. The molecule has 1 atom stereocenters. The molecule has 2 aromatic carbocycles. The molecule has 0 aliphatic carbocycles. The zero-order valence-electron chi connectivity index (χ0n) is 13.6. The summed E-state index contributed by atoms with van der Waals surface area (Å²) in [6, 6.07) is 9.97. The first-order valence-corrected chi connectivity index (χ1v) is 7.61. The van der Waals surface area contributed by atoms with Crippen molar-refractivity contribution in [2.45, 2.75) is 19.6 Å². The molecule has 1 unspecified atom stereocenters. The van der Waals surface area contributed by atoms with Crippen LogP contribution in [0.1, 0.15) is 29.3 Å². The van der Waals surface area contributed by atoms with Gasteiger partial charge in [0.1, 0.15) is 17.2 Å². The number of ether oxygens (including phenoxy) is 2. The molecule has 2 rings (SSSR count). The topological polar surface area (TPSA) is 93.1 Å². The highest BCUT2D eigenvalue weighted by atomic mass is 16.7. The van der Waals surface area contributed by atoms with E-state index in [1.165, 1.54) is 24.3 Å². The van der Waals surface area contributed by atoms with Crippen molar-refractivity contribution in [1.29, 1.82) is 0 Å². The first-order valence-electron chi connectivity index (χ1n) is 7.61. The summed E-state index contributed by atoms with van der Waals surface area (Å²) in [5.41, 5.74) is 0.419. The minimum Gasteiger partial charge on any atom is -0.508 e. The Morgan fingerprint density at radius 3 is 2.40 bits per heavy atom. The minimum atomic E-state index is -0.756.